The van der Waals surface area contributed by atoms with Crippen molar-refractivity contribution in [1.82, 2.24) is 15.1 Å². The first-order valence-electron chi connectivity index (χ1n) is 8.52. The Hall–Kier alpha value is -2.63. The summed E-state index contributed by atoms with van der Waals surface area (Å²) < 4.78 is 44.3. The first-order valence-corrected chi connectivity index (χ1v) is 8.52. The number of anilines is 1. The zero-order valence-corrected chi connectivity index (χ0v) is 13.8. The molecule has 136 valence electrons. The highest BCUT2D eigenvalue weighted by atomic mass is 19.4. The second-order valence-electron chi connectivity index (χ2n) is 6.73. The number of rotatable bonds is 3. The van der Waals surface area contributed by atoms with E-state index in [0.29, 0.717) is 30.7 Å². The Morgan fingerprint density at radius 1 is 1.15 bits per heavy atom. The molecule has 0 unspecified atom stereocenters. The molecule has 4 rings (SSSR count). The lowest BCUT2D eigenvalue weighted by Gasteiger charge is -2.32. The molecule has 1 saturated carbocycles. The van der Waals surface area contributed by atoms with Crippen molar-refractivity contribution in [3.05, 3.63) is 35.1 Å². The summed E-state index contributed by atoms with van der Waals surface area (Å²) in [5.74, 6) is 1.60. The monoisotopic (exact) mass is 363 g/mol. The second-order valence-corrected chi connectivity index (χ2v) is 6.73. The largest absolute Gasteiger partial charge is 0.433 e. The highest BCUT2D eigenvalue weighted by Gasteiger charge is 2.35. The maximum atomic E-state index is 13.0. The lowest BCUT2D eigenvalue weighted by molar-refractivity contribution is -0.141. The lowest BCUT2D eigenvalue weighted by atomic mass is 9.97. The molecule has 1 saturated heterocycles. The summed E-state index contributed by atoms with van der Waals surface area (Å²) in [6.45, 7) is 0.944. The molecule has 0 spiro atoms. The van der Waals surface area contributed by atoms with E-state index in [9.17, 15) is 18.4 Å². The second kappa shape index (κ2) is 6.27. The molecule has 0 bridgehead atoms. The van der Waals surface area contributed by atoms with E-state index < -0.39 is 11.9 Å². The average Bonchev–Trinajstić information content (AvgIpc) is 3.37. The van der Waals surface area contributed by atoms with Gasteiger partial charge in [0.1, 0.15) is 17.6 Å². The third kappa shape index (κ3) is 3.23. The predicted octanol–water partition coefficient (Wildman–Crippen LogP) is 3.62. The Labute approximate surface area is 147 Å². The SMILES string of the molecule is N#Cc1ccc(C(F)(F)F)nc1N1CCC[C@H](c2noc(C3CC3)n2)C1. The fraction of sp³-hybridized carbons (Fsp3) is 0.529. The van der Waals surface area contributed by atoms with Crippen LogP contribution >= 0.6 is 0 Å². The van der Waals surface area contributed by atoms with Crippen LogP contribution in [0.5, 0.6) is 0 Å². The molecule has 0 amide bonds. The van der Waals surface area contributed by atoms with Gasteiger partial charge in [-0.2, -0.15) is 23.4 Å². The number of nitrogens with zero attached hydrogens (tertiary/aromatic N) is 5. The van der Waals surface area contributed by atoms with Gasteiger partial charge in [-0.1, -0.05) is 5.16 Å². The Kier molecular flexibility index (Phi) is 4.05. The molecule has 2 aromatic heterocycles. The normalized spacial score (nSPS) is 20.8. The lowest BCUT2D eigenvalue weighted by Crippen LogP contribution is -2.36. The zero-order valence-electron chi connectivity index (χ0n) is 13.8. The molecule has 1 aliphatic carbocycles. The van der Waals surface area contributed by atoms with Gasteiger partial charge in [-0.3, -0.25) is 0 Å². The van der Waals surface area contributed by atoms with E-state index in [2.05, 4.69) is 15.1 Å². The Balaban J connectivity index is 1.59. The minimum Gasteiger partial charge on any atom is -0.355 e. The molecule has 2 aliphatic rings. The van der Waals surface area contributed by atoms with Crippen LogP contribution in [-0.2, 0) is 6.18 Å². The minimum atomic E-state index is -4.55. The third-order valence-corrected chi connectivity index (χ3v) is 4.76. The Bertz CT molecular complexity index is 853. The van der Waals surface area contributed by atoms with Crippen LogP contribution in [0.1, 0.15) is 60.5 Å². The zero-order chi connectivity index (χ0) is 18.3. The van der Waals surface area contributed by atoms with Crippen molar-refractivity contribution in [2.24, 2.45) is 0 Å². The summed E-state index contributed by atoms with van der Waals surface area (Å²) in [5.41, 5.74) is -0.866. The van der Waals surface area contributed by atoms with Gasteiger partial charge in [0, 0.05) is 24.9 Å². The van der Waals surface area contributed by atoms with Crippen LogP contribution < -0.4 is 4.90 Å². The number of halogens is 3. The van der Waals surface area contributed by atoms with Gasteiger partial charge < -0.3 is 9.42 Å². The number of alkyl halides is 3. The van der Waals surface area contributed by atoms with Crippen LogP contribution in [0.4, 0.5) is 19.0 Å². The number of hydrogen-bond donors (Lipinski definition) is 0. The Morgan fingerprint density at radius 3 is 2.65 bits per heavy atom. The third-order valence-electron chi connectivity index (χ3n) is 4.76. The van der Waals surface area contributed by atoms with E-state index in [0.717, 1.165) is 31.7 Å². The highest BCUT2D eigenvalue weighted by molar-refractivity contribution is 5.55. The fourth-order valence-electron chi connectivity index (χ4n) is 3.22. The van der Waals surface area contributed by atoms with Gasteiger partial charge >= 0.3 is 6.18 Å². The molecule has 6 nitrogen and oxygen atoms in total. The van der Waals surface area contributed by atoms with Crippen molar-refractivity contribution in [3.63, 3.8) is 0 Å². The minimum absolute atomic E-state index is 0.0529. The summed E-state index contributed by atoms with van der Waals surface area (Å²) in [5, 5.41) is 13.3. The Morgan fingerprint density at radius 2 is 1.96 bits per heavy atom. The van der Waals surface area contributed by atoms with Crippen molar-refractivity contribution in [1.29, 1.82) is 5.26 Å². The van der Waals surface area contributed by atoms with Gasteiger partial charge in [0.25, 0.3) is 0 Å². The van der Waals surface area contributed by atoms with Gasteiger partial charge in [-0.15, -0.1) is 0 Å². The van der Waals surface area contributed by atoms with E-state index in [1.807, 2.05) is 6.07 Å². The van der Waals surface area contributed by atoms with Crippen LogP contribution in [0.25, 0.3) is 0 Å². The van der Waals surface area contributed by atoms with E-state index >= 15 is 0 Å². The molecule has 26 heavy (non-hydrogen) atoms. The van der Waals surface area contributed by atoms with Crippen molar-refractivity contribution in [2.45, 2.75) is 43.7 Å². The smallest absolute Gasteiger partial charge is 0.355 e. The molecule has 0 N–H and O–H groups in total. The average molecular weight is 363 g/mol. The van der Waals surface area contributed by atoms with Crippen molar-refractivity contribution >= 4 is 5.82 Å². The van der Waals surface area contributed by atoms with E-state index in [1.165, 1.54) is 6.07 Å². The van der Waals surface area contributed by atoms with Gasteiger partial charge in [0.2, 0.25) is 5.89 Å². The molecular formula is C17H16F3N5O. The molecule has 1 atom stereocenters. The van der Waals surface area contributed by atoms with E-state index in [1.54, 1.807) is 4.90 Å². The number of pyridine rings is 1. The van der Waals surface area contributed by atoms with Crippen LogP contribution in [0.3, 0.4) is 0 Å². The van der Waals surface area contributed by atoms with E-state index in [-0.39, 0.29) is 17.3 Å². The van der Waals surface area contributed by atoms with Gasteiger partial charge in [0.15, 0.2) is 5.82 Å². The first kappa shape index (κ1) is 16.8. The number of aromatic nitrogens is 3. The topological polar surface area (TPSA) is 78.8 Å². The van der Waals surface area contributed by atoms with Gasteiger partial charge in [-0.25, -0.2) is 4.98 Å². The van der Waals surface area contributed by atoms with Crippen LogP contribution in [0, 0.1) is 11.3 Å². The molecule has 9 heteroatoms. The quantitative estimate of drug-likeness (QED) is 0.829. The summed E-state index contributed by atoms with van der Waals surface area (Å²) in [6, 6.07) is 3.94. The van der Waals surface area contributed by atoms with Crippen LogP contribution in [0.2, 0.25) is 0 Å². The molecule has 1 aliphatic heterocycles. The molecule has 0 aromatic carbocycles. The van der Waals surface area contributed by atoms with Gasteiger partial charge in [-0.05, 0) is 37.8 Å². The summed E-state index contributed by atoms with van der Waals surface area (Å²) >= 11 is 0. The molecular weight excluding hydrogens is 347 g/mol. The number of nitriles is 1. The fourth-order valence-corrected chi connectivity index (χ4v) is 3.22. The standard InChI is InChI=1S/C17H16F3N5O/c18-17(19,20)13-6-5-11(8-21)15(22-13)25-7-1-2-12(9-25)14-23-16(26-24-14)10-3-4-10/h5-6,10,12H,1-4,7,9H2/t12-/m0/s1. The number of piperidine rings is 1. The van der Waals surface area contributed by atoms with Crippen LogP contribution in [-0.4, -0.2) is 28.2 Å². The molecule has 2 aromatic rings. The summed E-state index contributed by atoms with van der Waals surface area (Å²) in [4.78, 5) is 9.90. The first-order chi connectivity index (χ1) is 12.5. The van der Waals surface area contributed by atoms with Crippen LogP contribution in [0.15, 0.2) is 16.7 Å². The maximum absolute atomic E-state index is 13.0. The predicted molar refractivity (Wildman–Crippen MR) is 84.4 cm³/mol. The van der Waals surface area contributed by atoms with Crippen molar-refractivity contribution in [2.75, 3.05) is 18.0 Å². The van der Waals surface area contributed by atoms with Gasteiger partial charge in [0.05, 0.1) is 5.56 Å². The van der Waals surface area contributed by atoms with Crippen molar-refractivity contribution in [3.8, 4) is 6.07 Å². The van der Waals surface area contributed by atoms with E-state index in [4.69, 9.17) is 4.52 Å². The molecule has 0 radical (unpaired) electrons. The molecule has 2 fully saturated rings. The maximum Gasteiger partial charge on any atom is 0.433 e. The summed E-state index contributed by atoms with van der Waals surface area (Å²) in [6.07, 6.45) is -0.872. The highest BCUT2D eigenvalue weighted by Crippen LogP contribution is 2.40. The summed E-state index contributed by atoms with van der Waals surface area (Å²) in [7, 11) is 0. The van der Waals surface area contributed by atoms with Crippen molar-refractivity contribution < 1.29 is 17.7 Å². The number of hydrogen-bond acceptors (Lipinski definition) is 6. The molecule has 3 heterocycles.